The second-order valence-electron chi connectivity index (χ2n) is 7.09. The van der Waals surface area contributed by atoms with Gasteiger partial charge in [-0.05, 0) is 42.8 Å². The van der Waals surface area contributed by atoms with Gasteiger partial charge in [0.05, 0.1) is 5.52 Å². The second kappa shape index (κ2) is 7.68. The molecule has 0 bridgehead atoms. The molecule has 144 valence electrons. The van der Waals surface area contributed by atoms with Gasteiger partial charge < -0.3 is 14.6 Å². The Bertz CT molecular complexity index is 1070. The third kappa shape index (κ3) is 3.62. The van der Waals surface area contributed by atoms with Gasteiger partial charge in [-0.15, -0.1) is 0 Å². The maximum Gasteiger partial charge on any atom is 0.259 e. The number of aromatic amines is 1. The molecule has 3 aromatic rings. The van der Waals surface area contributed by atoms with E-state index in [9.17, 15) is 9.59 Å². The molecule has 1 fully saturated rings. The fraction of sp³-hybridized carbons (Fsp3) is 0.273. The fourth-order valence-corrected chi connectivity index (χ4v) is 3.74. The van der Waals surface area contributed by atoms with E-state index in [2.05, 4.69) is 4.98 Å². The lowest BCUT2D eigenvalue weighted by Crippen LogP contribution is -2.43. The molecule has 4 rings (SSSR count). The summed E-state index contributed by atoms with van der Waals surface area (Å²) in [4.78, 5) is 30.5. The summed E-state index contributed by atoms with van der Waals surface area (Å²) < 4.78 is 5.97. The van der Waals surface area contributed by atoms with Crippen molar-refractivity contribution in [2.45, 2.75) is 25.9 Å². The third-order valence-corrected chi connectivity index (χ3v) is 5.45. The number of pyridine rings is 1. The number of aromatic nitrogens is 1. The second-order valence-corrected chi connectivity index (χ2v) is 7.53. The molecule has 1 aliphatic heterocycles. The Morgan fingerprint density at radius 3 is 2.57 bits per heavy atom. The number of nitrogens with zero attached hydrogens (tertiary/aromatic N) is 1. The van der Waals surface area contributed by atoms with Gasteiger partial charge in [0, 0.05) is 42.5 Å². The molecule has 28 heavy (non-hydrogen) atoms. The van der Waals surface area contributed by atoms with Crippen LogP contribution in [-0.2, 0) is 0 Å². The number of H-pyrrole nitrogens is 1. The molecule has 1 aliphatic rings. The van der Waals surface area contributed by atoms with Crippen LogP contribution >= 0.6 is 11.6 Å². The minimum atomic E-state index is -0.227. The van der Waals surface area contributed by atoms with E-state index in [0.717, 1.165) is 29.7 Å². The van der Waals surface area contributed by atoms with Crippen molar-refractivity contribution in [2.24, 2.45) is 0 Å². The number of nitrogens with one attached hydrogen (secondary N) is 1. The zero-order valence-electron chi connectivity index (χ0n) is 15.6. The molecule has 0 saturated carbocycles. The first-order chi connectivity index (χ1) is 13.5. The van der Waals surface area contributed by atoms with Crippen molar-refractivity contribution in [3.05, 3.63) is 75.0 Å². The molecule has 0 radical (unpaired) electrons. The summed E-state index contributed by atoms with van der Waals surface area (Å²) in [6, 6.07) is 12.8. The largest absolute Gasteiger partial charge is 0.490 e. The third-order valence-electron chi connectivity index (χ3n) is 5.20. The molecule has 0 atom stereocenters. The van der Waals surface area contributed by atoms with Gasteiger partial charge in [-0.3, -0.25) is 9.59 Å². The van der Waals surface area contributed by atoms with E-state index in [-0.39, 0.29) is 23.0 Å². The van der Waals surface area contributed by atoms with E-state index in [1.165, 1.54) is 6.20 Å². The lowest BCUT2D eigenvalue weighted by molar-refractivity contribution is 0.0594. The average molecular weight is 397 g/mol. The number of halogens is 1. The number of fused-ring (bicyclic) bond motifs is 1. The van der Waals surface area contributed by atoms with E-state index < -0.39 is 0 Å². The number of hydrogen-bond donors (Lipinski definition) is 1. The van der Waals surface area contributed by atoms with Crippen LogP contribution in [-0.4, -0.2) is 35.0 Å². The predicted octanol–water partition coefficient (Wildman–Crippen LogP) is 4.17. The first kappa shape index (κ1) is 18.6. The van der Waals surface area contributed by atoms with Gasteiger partial charge >= 0.3 is 0 Å². The summed E-state index contributed by atoms with van der Waals surface area (Å²) >= 11 is 5.90. The molecule has 1 aromatic heterocycles. The number of hydrogen-bond acceptors (Lipinski definition) is 3. The van der Waals surface area contributed by atoms with E-state index in [1.807, 2.05) is 31.2 Å². The highest BCUT2D eigenvalue weighted by atomic mass is 35.5. The number of carbonyl (C=O) groups is 1. The summed E-state index contributed by atoms with van der Waals surface area (Å²) in [7, 11) is 0. The van der Waals surface area contributed by atoms with E-state index in [0.29, 0.717) is 23.5 Å². The van der Waals surface area contributed by atoms with Crippen molar-refractivity contribution in [2.75, 3.05) is 13.1 Å². The Morgan fingerprint density at radius 2 is 1.86 bits per heavy atom. The van der Waals surface area contributed by atoms with E-state index >= 15 is 0 Å². The van der Waals surface area contributed by atoms with Crippen LogP contribution < -0.4 is 10.2 Å². The van der Waals surface area contributed by atoms with Crippen molar-refractivity contribution in [1.29, 1.82) is 0 Å². The predicted molar refractivity (Wildman–Crippen MR) is 110 cm³/mol. The SMILES string of the molecule is Cc1cccc2c(=O)c(C(=O)N3CCC(Oc4ccc(Cl)cc4)CC3)c[nH]c12. The van der Waals surface area contributed by atoms with Crippen LogP contribution in [0.15, 0.2) is 53.5 Å². The normalized spacial score (nSPS) is 15.0. The van der Waals surface area contributed by atoms with Crippen molar-refractivity contribution in [3.63, 3.8) is 0 Å². The number of piperidine rings is 1. The molecule has 0 unspecified atom stereocenters. The summed E-state index contributed by atoms with van der Waals surface area (Å²) in [6.07, 6.45) is 3.02. The molecule has 1 saturated heterocycles. The monoisotopic (exact) mass is 396 g/mol. The number of ether oxygens (including phenoxy) is 1. The van der Waals surface area contributed by atoms with Gasteiger partial charge in [0.1, 0.15) is 17.4 Å². The van der Waals surface area contributed by atoms with Gasteiger partial charge in [0.2, 0.25) is 5.43 Å². The van der Waals surface area contributed by atoms with Gasteiger partial charge in [-0.1, -0.05) is 23.7 Å². The molecule has 1 N–H and O–H groups in total. The Kier molecular flexibility index (Phi) is 5.09. The maximum absolute atomic E-state index is 12.9. The van der Waals surface area contributed by atoms with Crippen LogP contribution in [0.5, 0.6) is 5.75 Å². The van der Waals surface area contributed by atoms with Crippen molar-refractivity contribution in [3.8, 4) is 5.75 Å². The highest BCUT2D eigenvalue weighted by Gasteiger charge is 2.26. The minimum absolute atomic E-state index is 0.0442. The Labute approximate surface area is 167 Å². The topological polar surface area (TPSA) is 62.4 Å². The maximum atomic E-state index is 12.9. The molecular formula is C22H21ClN2O3. The van der Waals surface area contributed by atoms with Crippen LogP contribution in [0.4, 0.5) is 0 Å². The first-order valence-corrected chi connectivity index (χ1v) is 9.73. The van der Waals surface area contributed by atoms with E-state index in [1.54, 1.807) is 23.1 Å². The highest BCUT2D eigenvalue weighted by molar-refractivity contribution is 6.30. The molecule has 1 amide bonds. The molecular weight excluding hydrogens is 376 g/mol. The Balaban J connectivity index is 1.45. The summed E-state index contributed by atoms with van der Waals surface area (Å²) in [5.41, 5.74) is 1.73. The van der Waals surface area contributed by atoms with Crippen molar-refractivity contribution >= 4 is 28.4 Å². The van der Waals surface area contributed by atoms with Crippen LogP contribution in [0.25, 0.3) is 10.9 Å². The van der Waals surface area contributed by atoms with Gasteiger partial charge in [-0.25, -0.2) is 0 Å². The van der Waals surface area contributed by atoms with Crippen LogP contribution in [0.3, 0.4) is 0 Å². The smallest absolute Gasteiger partial charge is 0.259 e. The van der Waals surface area contributed by atoms with Gasteiger partial charge in [-0.2, -0.15) is 0 Å². The molecule has 6 heteroatoms. The number of aryl methyl sites for hydroxylation is 1. The van der Waals surface area contributed by atoms with Crippen LogP contribution in [0.1, 0.15) is 28.8 Å². The van der Waals surface area contributed by atoms with Gasteiger partial charge in [0.15, 0.2) is 0 Å². The Morgan fingerprint density at radius 1 is 1.14 bits per heavy atom. The fourth-order valence-electron chi connectivity index (χ4n) is 3.62. The summed E-state index contributed by atoms with van der Waals surface area (Å²) in [5, 5.41) is 1.22. The summed E-state index contributed by atoms with van der Waals surface area (Å²) in [6.45, 7) is 3.05. The van der Waals surface area contributed by atoms with Crippen LogP contribution in [0, 0.1) is 6.92 Å². The standard InChI is InChI=1S/C22H21ClN2O3/c1-14-3-2-4-18-20(14)24-13-19(21(18)26)22(27)25-11-9-17(10-12-25)28-16-7-5-15(23)6-8-16/h2-8,13,17H,9-12H2,1H3,(H,24,26). The lowest BCUT2D eigenvalue weighted by atomic mass is 10.0. The number of carbonyl (C=O) groups excluding carboxylic acids is 1. The number of amides is 1. The average Bonchev–Trinajstić information content (AvgIpc) is 2.71. The highest BCUT2D eigenvalue weighted by Crippen LogP contribution is 2.22. The van der Waals surface area contributed by atoms with Gasteiger partial charge in [0.25, 0.3) is 5.91 Å². The molecule has 2 aromatic carbocycles. The molecule has 2 heterocycles. The Hall–Kier alpha value is -2.79. The van der Waals surface area contributed by atoms with Crippen molar-refractivity contribution < 1.29 is 9.53 Å². The quantitative estimate of drug-likeness (QED) is 0.722. The summed E-state index contributed by atoms with van der Waals surface area (Å²) in [5.74, 6) is 0.546. The molecule has 0 spiro atoms. The first-order valence-electron chi connectivity index (χ1n) is 9.35. The van der Waals surface area contributed by atoms with E-state index in [4.69, 9.17) is 16.3 Å². The number of benzene rings is 2. The number of para-hydroxylation sites is 1. The number of rotatable bonds is 3. The molecule has 5 nitrogen and oxygen atoms in total. The van der Waals surface area contributed by atoms with Crippen molar-refractivity contribution in [1.82, 2.24) is 9.88 Å². The zero-order valence-corrected chi connectivity index (χ0v) is 16.3. The van der Waals surface area contributed by atoms with Crippen LogP contribution in [0.2, 0.25) is 5.02 Å². The minimum Gasteiger partial charge on any atom is -0.490 e. The lowest BCUT2D eigenvalue weighted by Gasteiger charge is -2.32. The zero-order chi connectivity index (χ0) is 19.7. The molecule has 0 aliphatic carbocycles. The number of likely N-dealkylation sites (tertiary alicyclic amines) is 1.